The number of nitrogens with zero attached hydrogens (tertiary/aromatic N) is 3. The summed E-state index contributed by atoms with van der Waals surface area (Å²) in [5.41, 5.74) is 5.65. The van der Waals surface area contributed by atoms with Gasteiger partial charge in [0.05, 0.1) is 18.8 Å². The highest BCUT2D eigenvalue weighted by Crippen LogP contribution is 2.47. The van der Waals surface area contributed by atoms with E-state index in [2.05, 4.69) is 59.5 Å². The van der Waals surface area contributed by atoms with Crippen molar-refractivity contribution in [3.63, 3.8) is 0 Å². The standard InChI is InChI=1S/C21H36N4O4Si/c1-13(2)30(14(3)4,12-21(5,6)7)29-18-15(10-22)19(28-16(18)11-26)25-9-8-17(23)24-20(25)27/h8-9,13-16,18-19,26H,11-12H2,1-7H3,(H2,23,24,27)/t15-,16+,18-,19+/m0/s1. The van der Waals surface area contributed by atoms with Crippen LogP contribution in [0.5, 0.6) is 0 Å². The molecule has 0 bridgehead atoms. The zero-order chi connectivity index (χ0) is 22.9. The highest BCUT2D eigenvalue weighted by atomic mass is 28.4. The molecule has 2 heterocycles. The van der Waals surface area contributed by atoms with E-state index < -0.39 is 38.4 Å². The number of ether oxygens (including phenoxy) is 1. The minimum Gasteiger partial charge on any atom is -0.409 e. The lowest BCUT2D eigenvalue weighted by molar-refractivity contribution is -0.0455. The Kier molecular flexibility index (Phi) is 7.51. The van der Waals surface area contributed by atoms with Crippen molar-refractivity contribution < 1.29 is 14.3 Å². The Morgan fingerprint density at radius 3 is 2.40 bits per heavy atom. The summed E-state index contributed by atoms with van der Waals surface area (Å²) < 4.78 is 14.1. The van der Waals surface area contributed by atoms with Gasteiger partial charge in [0.2, 0.25) is 0 Å². The van der Waals surface area contributed by atoms with Gasteiger partial charge < -0.3 is 20.0 Å². The summed E-state index contributed by atoms with van der Waals surface area (Å²) in [4.78, 5) is 16.1. The summed E-state index contributed by atoms with van der Waals surface area (Å²) in [7, 11) is -2.39. The molecule has 1 fully saturated rings. The van der Waals surface area contributed by atoms with Gasteiger partial charge in [0.15, 0.2) is 14.5 Å². The van der Waals surface area contributed by atoms with Crippen LogP contribution in [0.1, 0.15) is 54.7 Å². The molecule has 30 heavy (non-hydrogen) atoms. The third-order valence-electron chi connectivity index (χ3n) is 5.91. The molecule has 1 aliphatic heterocycles. The monoisotopic (exact) mass is 436 g/mol. The molecule has 0 aliphatic carbocycles. The number of anilines is 1. The Hall–Kier alpha value is -1.73. The van der Waals surface area contributed by atoms with Crippen molar-refractivity contribution in [3.8, 4) is 6.07 Å². The van der Waals surface area contributed by atoms with Gasteiger partial charge in [-0.2, -0.15) is 10.2 Å². The third kappa shape index (κ3) is 4.94. The summed E-state index contributed by atoms with van der Waals surface area (Å²) in [5.74, 6) is -0.653. The molecule has 1 aromatic rings. The van der Waals surface area contributed by atoms with E-state index in [4.69, 9.17) is 14.9 Å². The van der Waals surface area contributed by atoms with Crippen LogP contribution in [0.2, 0.25) is 17.1 Å². The lowest BCUT2D eigenvalue weighted by Gasteiger charge is -2.45. The summed E-state index contributed by atoms with van der Waals surface area (Å²) in [5, 5.41) is 20.0. The highest BCUT2D eigenvalue weighted by Gasteiger charge is 2.53. The van der Waals surface area contributed by atoms with Gasteiger partial charge in [-0.15, -0.1) is 0 Å². The zero-order valence-electron chi connectivity index (χ0n) is 19.1. The number of nitrogen functional groups attached to an aromatic ring is 1. The van der Waals surface area contributed by atoms with Crippen molar-refractivity contribution in [2.75, 3.05) is 12.3 Å². The number of hydrogen-bond donors (Lipinski definition) is 2. The number of nitriles is 1. The number of rotatable bonds is 7. The molecule has 0 unspecified atom stereocenters. The van der Waals surface area contributed by atoms with Crippen LogP contribution in [0.25, 0.3) is 0 Å². The number of aromatic nitrogens is 2. The molecule has 8 nitrogen and oxygen atoms in total. The summed E-state index contributed by atoms with van der Waals surface area (Å²) in [6.07, 6.45) is -0.749. The average molecular weight is 437 g/mol. The maximum absolute atomic E-state index is 12.4. The molecule has 1 saturated heterocycles. The second-order valence-electron chi connectivity index (χ2n) is 10.0. The van der Waals surface area contributed by atoms with Crippen LogP contribution in [-0.2, 0) is 9.16 Å². The second-order valence-corrected chi connectivity index (χ2v) is 14.8. The fourth-order valence-electron chi connectivity index (χ4n) is 4.50. The van der Waals surface area contributed by atoms with Gasteiger partial charge in [-0.25, -0.2) is 4.79 Å². The predicted molar refractivity (Wildman–Crippen MR) is 118 cm³/mol. The van der Waals surface area contributed by atoms with E-state index in [-0.39, 0.29) is 17.8 Å². The quantitative estimate of drug-likeness (QED) is 0.630. The fraction of sp³-hybridized carbons (Fsp3) is 0.762. The highest BCUT2D eigenvalue weighted by molar-refractivity contribution is 6.76. The maximum Gasteiger partial charge on any atom is 0.351 e. The van der Waals surface area contributed by atoms with Crippen LogP contribution in [0.3, 0.4) is 0 Å². The van der Waals surface area contributed by atoms with Crippen LogP contribution in [0.4, 0.5) is 5.82 Å². The molecule has 0 saturated carbocycles. The van der Waals surface area contributed by atoms with Crippen LogP contribution in [0, 0.1) is 22.7 Å². The SMILES string of the molecule is CC(C)[Si](CC(C)(C)C)(O[C@H]1[C@H](C#N)[C@H](n2ccc(N)nc2=O)O[C@@H]1CO)C(C)C. The summed E-state index contributed by atoms with van der Waals surface area (Å²) >= 11 is 0. The van der Waals surface area contributed by atoms with E-state index in [1.54, 1.807) is 0 Å². The first-order chi connectivity index (χ1) is 13.9. The Morgan fingerprint density at radius 2 is 1.97 bits per heavy atom. The van der Waals surface area contributed by atoms with Crippen LogP contribution in [-0.4, -0.2) is 41.8 Å². The molecule has 1 aliphatic rings. The maximum atomic E-state index is 12.4. The van der Waals surface area contributed by atoms with Crippen molar-refractivity contribution >= 4 is 14.1 Å². The molecular formula is C21H36N4O4Si. The molecule has 2 rings (SSSR count). The van der Waals surface area contributed by atoms with Gasteiger partial charge in [-0.05, 0) is 28.6 Å². The number of aliphatic hydroxyl groups is 1. The molecule has 168 valence electrons. The smallest absolute Gasteiger partial charge is 0.351 e. The van der Waals surface area contributed by atoms with E-state index in [9.17, 15) is 15.2 Å². The van der Waals surface area contributed by atoms with Crippen LogP contribution >= 0.6 is 0 Å². The average Bonchev–Trinajstić information content (AvgIpc) is 2.96. The molecule has 0 spiro atoms. The minimum atomic E-state index is -2.39. The van der Waals surface area contributed by atoms with Crippen molar-refractivity contribution in [3.05, 3.63) is 22.7 Å². The van der Waals surface area contributed by atoms with Crippen LogP contribution in [0.15, 0.2) is 17.1 Å². The van der Waals surface area contributed by atoms with Crippen molar-refractivity contribution in [2.45, 2.75) is 84.0 Å². The van der Waals surface area contributed by atoms with E-state index in [1.165, 1.54) is 16.8 Å². The zero-order valence-corrected chi connectivity index (χ0v) is 20.1. The normalized spacial score (nSPS) is 25.1. The molecule has 1 aromatic heterocycles. The molecule has 9 heteroatoms. The predicted octanol–water partition coefficient (Wildman–Crippen LogP) is 3.05. The van der Waals surface area contributed by atoms with E-state index in [1.807, 2.05) is 0 Å². The Bertz CT molecular complexity index is 820. The largest absolute Gasteiger partial charge is 0.409 e. The number of aliphatic hydroxyl groups excluding tert-OH is 1. The van der Waals surface area contributed by atoms with Crippen molar-refractivity contribution in [2.24, 2.45) is 11.3 Å². The van der Waals surface area contributed by atoms with E-state index in [0.29, 0.717) is 11.1 Å². The molecule has 0 amide bonds. The number of hydrogen-bond acceptors (Lipinski definition) is 7. The first-order valence-corrected chi connectivity index (χ1v) is 12.8. The molecule has 3 N–H and O–H groups in total. The van der Waals surface area contributed by atoms with Gasteiger partial charge in [0, 0.05) is 6.20 Å². The lowest BCUT2D eigenvalue weighted by atomic mass is 10.0. The fourth-order valence-corrected chi connectivity index (χ4v) is 9.74. The van der Waals surface area contributed by atoms with E-state index >= 15 is 0 Å². The van der Waals surface area contributed by atoms with Crippen molar-refractivity contribution in [1.29, 1.82) is 5.26 Å². The topological polar surface area (TPSA) is 123 Å². The summed E-state index contributed by atoms with van der Waals surface area (Å²) in [6.45, 7) is 15.0. The Balaban J connectivity index is 2.49. The Morgan fingerprint density at radius 1 is 1.37 bits per heavy atom. The second kappa shape index (κ2) is 9.18. The molecule has 4 atom stereocenters. The lowest BCUT2D eigenvalue weighted by Crippen LogP contribution is -2.53. The van der Waals surface area contributed by atoms with E-state index in [0.717, 1.165) is 6.04 Å². The minimum absolute atomic E-state index is 0.0499. The Labute approximate surface area is 180 Å². The van der Waals surface area contributed by atoms with Crippen molar-refractivity contribution in [1.82, 2.24) is 9.55 Å². The van der Waals surface area contributed by atoms with Crippen LogP contribution < -0.4 is 11.4 Å². The number of nitrogens with two attached hydrogens (primary N) is 1. The summed E-state index contributed by atoms with van der Waals surface area (Å²) in [6, 6.07) is 4.68. The van der Waals surface area contributed by atoms with Gasteiger partial charge in [-0.3, -0.25) is 4.57 Å². The first-order valence-electron chi connectivity index (χ1n) is 10.5. The van der Waals surface area contributed by atoms with Gasteiger partial charge >= 0.3 is 5.69 Å². The molecule has 0 radical (unpaired) electrons. The van der Waals surface area contributed by atoms with Gasteiger partial charge in [-0.1, -0.05) is 48.5 Å². The third-order valence-corrected chi connectivity index (χ3v) is 12.1. The van der Waals surface area contributed by atoms with Gasteiger partial charge in [0.25, 0.3) is 0 Å². The molecule has 0 aromatic carbocycles. The molecular weight excluding hydrogens is 400 g/mol. The first kappa shape index (κ1) is 24.5. The van der Waals surface area contributed by atoms with Gasteiger partial charge in [0.1, 0.15) is 17.8 Å².